The van der Waals surface area contributed by atoms with Crippen molar-refractivity contribution in [3.63, 3.8) is 0 Å². The Morgan fingerprint density at radius 1 is 1.36 bits per heavy atom. The molecule has 2 atom stereocenters. The van der Waals surface area contributed by atoms with Crippen molar-refractivity contribution in [1.29, 1.82) is 0 Å². The van der Waals surface area contributed by atoms with Crippen LogP contribution in [0.4, 0.5) is 0 Å². The quantitative estimate of drug-likeness (QED) is 0.613. The van der Waals surface area contributed by atoms with E-state index in [-0.39, 0.29) is 11.9 Å². The molecule has 0 amide bonds. The first-order chi connectivity index (χ1) is 6.47. The minimum Gasteiger partial charge on any atom is -0.377 e. The summed E-state index contributed by atoms with van der Waals surface area (Å²) in [4.78, 5) is 10.8. The average molecular weight is 198 g/mol. The van der Waals surface area contributed by atoms with E-state index < -0.39 is 0 Å². The molecule has 0 aromatic carbocycles. The second-order valence-corrected chi connectivity index (χ2v) is 4.28. The molecule has 82 valence electrons. The molecule has 0 saturated carbocycles. The highest BCUT2D eigenvalue weighted by Crippen LogP contribution is 2.17. The summed E-state index contributed by atoms with van der Waals surface area (Å²) < 4.78 is 5.32. The second kappa shape index (κ2) is 6.77. The maximum atomic E-state index is 10.8. The number of ether oxygens (including phenoxy) is 1. The van der Waals surface area contributed by atoms with Crippen LogP contribution in [-0.2, 0) is 9.53 Å². The van der Waals surface area contributed by atoms with Crippen molar-refractivity contribution in [2.24, 2.45) is 11.8 Å². The van der Waals surface area contributed by atoms with Gasteiger partial charge in [-0.15, -0.1) is 0 Å². The molecule has 0 N–H and O–H groups in total. The maximum Gasteiger partial charge on any atom is 0.152 e. The van der Waals surface area contributed by atoms with Gasteiger partial charge < -0.3 is 4.74 Å². The maximum absolute atomic E-state index is 10.8. The summed E-state index contributed by atoms with van der Waals surface area (Å²) in [6.45, 7) is 8.09. The lowest BCUT2D eigenvalue weighted by molar-refractivity contribution is -0.112. The molecular weight excluding hydrogens is 176 g/mol. The van der Waals surface area contributed by atoms with Gasteiger partial charge in [0.25, 0.3) is 0 Å². The van der Waals surface area contributed by atoms with Crippen LogP contribution in [0.2, 0.25) is 0 Å². The Balaban J connectivity index is 4.18. The predicted octanol–water partition coefficient (Wildman–Crippen LogP) is 2.83. The van der Waals surface area contributed by atoms with E-state index in [1.54, 1.807) is 20.1 Å². The Hall–Kier alpha value is -0.630. The van der Waals surface area contributed by atoms with E-state index in [1.807, 2.05) is 6.08 Å². The third-order valence-electron chi connectivity index (χ3n) is 2.20. The first-order valence-electron chi connectivity index (χ1n) is 5.19. The molecular formula is C12H22O2. The number of methoxy groups -OCH3 is 1. The Morgan fingerprint density at radius 3 is 2.29 bits per heavy atom. The third-order valence-corrected chi connectivity index (χ3v) is 2.20. The molecule has 0 heterocycles. The fourth-order valence-electron chi connectivity index (χ4n) is 1.61. The van der Waals surface area contributed by atoms with Gasteiger partial charge in [0.1, 0.15) is 0 Å². The summed E-state index contributed by atoms with van der Waals surface area (Å²) in [5, 5.41) is 0. The standard InChI is InChI=1S/C12H22O2/c1-9(2)8-10(3)12(14-5)7-6-11(4)13/h6-7,9-10,12H,8H2,1-5H3/b7-6+. The molecule has 0 radical (unpaired) electrons. The number of hydrogen-bond acceptors (Lipinski definition) is 2. The summed E-state index contributed by atoms with van der Waals surface area (Å²) in [6, 6.07) is 0. The smallest absolute Gasteiger partial charge is 0.152 e. The summed E-state index contributed by atoms with van der Waals surface area (Å²) in [6.07, 6.45) is 4.61. The highest BCUT2D eigenvalue weighted by atomic mass is 16.5. The largest absolute Gasteiger partial charge is 0.377 e. The zero-order chi connectivity index (χ0) is 11.1. The van der Waals surface area contributed by atoms with Crippen molar-refractivity contribution < 1.29 is 9.53 Å². The van der Waals surface area contributed by atoms with Crippen LogP contribution in [0, 0.1) is 11.8 Å². The molecule has 0 bridgehead atoms. The van der Waals surface area contributed by atoms with Crippen LogP contribution in [0.1, 0.15) is 34.1 Å². The molecule has 0 rings (SSSR count). The minimum absolute atomic E-state index is 0.0568. The van der Waals surface area contributed by atoms with E-state index in [9.17, 15) is 4.79 Å². The van der Waals surface area contributed by atoms with Crippen LogP contribution >= 0.6 is 0 Å². The second-order valence-electron chi connectivity index (χ2n) is 4.28. The van der Waals surface area contributed by atoms with Crippen LogP contribution in [-0.4, -0.2) is 19.0 Å². The van der Waals surface area contributed by atoms with Gasteiger partial charge in [-0.05, 0) is 31.3 Å². The predicted molar refractivity (Wildman–Crippen MR) is 59.2 cm³/mol. The van der Waals surface area contributed by atoms with Gasteiger partial charge in [0.15, 0.2) is 5.78 Å². The molecule has 0 saturated heterocycles. The molecule has 2 heteroatoms. The summed E-state index contributed by atoms with van der Waals surface area (Å²) >= 11 is 0. The Morgan fingerprint density at radius 2 is 1.93 bits per heavy atom. The lowest BCUT2D eigenvalue weighted by atomic mass is 9.93. The van der Waals surface area contributed by atoms with Gasteiger partial charge in [0.2, 0.25) is 0 Å². The highest BCUT2D eigenvalue weighted by molar-refractivity contribution is 5.87. The van der Waals surface area contributed by atoms with Gasteiger partial charge in [-0.1, -0.05) is 26.8 Å². The van der Waals surface area contributed by atoms with E-state index in [1.165, 1.54) is 0 Å². The van der Waals surface area contributed by atoms with Gasteiger partial charge in [-0.3, -0.25) is 4.79 Å². The van der Waals surface area contributed by atoms with Gasteiger partial charge in [0.05, 0.1) is 6.10 Å². The number of hydrogen-bond donors (Lipinski definition) is 0. The number of carbonyl (C=O) groups excluding carboxylic acids is 1. The lowest BCUT2D eigenvalue weighted by Gasteiger charge is -2.21. The van der Waals surface area contributed by atoms with Crippen LogP contribution in [0.3, 0.4) is 0 Å². The van der Waals surface area contributed by atoms with E-state index in [0.29, 0.717) is 11.8 Å². The molecule has 2 nitrogen and oxygen atoms in total. The van der Waals surface area contributed by atoms with Crippen LogP contribution < -0.4 is 0 Å². The van der Waals surface area contributed by atoms with Crippen LogP contribution in [0.15, 0.2) is 12.2 Å². The van der Waals surface area contributed by atoms with Crippen molar-refractivity contribution in [3.05, 3.63) is 12.2 Å². The van der Waals surface area contributed by atoms with E-state index in [4.69, 9.17) is 4.74 Å². The summed E-state index contributed by atoms with van der Waals surface area (Å²) in [7, 11) is 1.69. The summed E-state index contributed by atoms with van der Waals surface area (Å²) in [5.41, 5.74) is 0. The van der Waals surface area contributed by atoms with Crippen molar-refractivity contribution >= 4 is 5.78 Å². The molecule has 0 aromatic rings. The molecule has 0 aliphatic rings. The molecule has 0 aliphatic heterocycles. The molecule has 14 heavy (non-hydrogen) atoms. The number of ketones is 1. The first-order valence-corrected chi connectivity index (χ1v) is 5.19. The van der Waals surface area contributed by atoms with Crippen molar-refractivity contribution in [2.75, 3.05) is 7.11 Å². The number of carbonyl (C=O) groups is 1. The zero-order valence-electron chi connectivity index (χ0n) is 9.91. The third kappa shape index (κ3) is 5.92. The normalized spacial score (nSPS) is 16.1. The monoisotopic (exact) mass is 198 g/mol. The van der Waals surface area contributed by atoms with Crippen LogP contribution in [0.5, 0.6) is 0 Å². The molecule has 0 aromatic heterocycles. The molecule has 0 spiro atoms. The van der Waals surface area contributed by atoms with Crippen molar-refractivity contribution in [2.45, 2.75) is 40.2 Å². The summed E-state index contributed by atoms with van der Waals surface area (Å²) in [5.74, 6) is 1.19. The van der Waals surface area contributed by atoms with Crippen molar-refractivity contribution in [1.82, 2.24) is 0 Å². The average Bonchev–Trinajstić information content (AvgIpc) is 2.03. The van der Waals surface area contributed by atoms with E-state index in [0.717, 1.165) is 6.42 Å². The Bertz CT molecular complexity index is 194. The molecule has 0 fully saturated rings. The number of rotatable bonds is 6. The van der Waals surface area contributed by atoms with Gasteiger partial charge >= 0.3 is 0 Å². The molecule has 2 unspecified atom stereocenters. The zero-order valence-corrected chi connectivity index (χ0v) is 9.91. The fourth-order valence-corrected chi connectivity index (χ4v) is 1.61. The molecule has 0 aliphatic carbocycles. The van der Waals surface area contributed by atoms with E-state index in [2.05, 4.69) is 20.8 Å². The van der Waals surface area contributed by atoms with Gasteiger partial charge in [0, 0.05) is 7.11 Å². The Kier molecular flexibility index (Phi) is 6.46. The fraction of sp³-hybridized carbons (Fsp3) is 0.750. The lowest BCUT2D eigenvalue weighted by Crippen LogP contribution is -2.19. The Labute approximate surface area is 87.3 Å². The van der Waals surface area contributed by atoms with Gasteiger partial charge in [-0.2, -0.15) is 0 Å². The van der Waals surface area contributed by atoms with E-state index >= 15 is 0 Å². The topological polar surface area (TPSA) is 26.3 Å². The van der Waals surface area contributed by atoms with Gasteiger partial charge in [-0.25, -0.2) is 0 Å². The minimum atomic E-state index is 0.0568. The first kappa shape index (κ1) is 13.4. The highest BCUT2D eigenvalue weighted by Gasteiger charge is 2.14. The SMILES string of the molecule is COC(/C=C/C(C)=O)C(C)CC(C)C. The van der Waals surface area contributed by atoms with Crippen LogP contribution in [0.25, 0.3) is 0 Å². The van der Waals surface area contributed by atoms with Crippen molar-refractivity contribution in [3.8, 4) is 0 Å². The number of allylic oxidation sites excluding steroid dienone is 1.